The van der Waals surface area contributed by atoms with E-state index < -0.39 is 0 Å². The highest BCUT2D eigenvalue weighted by Gasteiger charge is 2.21. The van der Waals surface area contributed by atoms with Crippen LogP contribution in [0.3, 0.4) is 0 Å². The molecule has 0 radical (unpaired) electrons. The molecule has 190 valence electrons. The minimum Gasteiger partial charge on any atom is -0.494 e. The Balaban J connectivity index is 0.00000204. The maximum absolute atomic E-state index is 12.2. The molecule has 1 aromatic carbocycles. The SMILES string of the molecule is CN1CCc2cc(OCCCNCc3ccnc(CCc4cccnc4)c3)ccc2C1=O.Cl.Cl.Cl. The van der Waals surface area contributed by atoms with Crippen LogP contribution in [0.1, 0.15) is 39.2 Å². The zero-order valence-electron chi connectivity index (χ0n) is 19.8. The van der Waals surface area contributed by atoms with Gasteiger partial charge in [0.25, 0.3) is 5.91 Å². The molecule has 3 heterocycles. The van der Waals surface area contributed by atoms with Crippen molar-refractivity contribution in [3.8, 4) is 5.75 Å². The predicted octanol–water partition coefficient (Wildman–Crippen LogP) is 4.71. The number of ether oxygens (including phenoxy) is 1. The van der Waals surface area contributed by atoms with Gasteiger partial charge in [-0.15, -0.1) is 37.2 Å². The minimum atomic E-state index is 0. The van der Waals surface area contributed by atoms with Crippen LogP contribution >= 0.6 is 37.2 Å². The third-order valence-corrected chi connectivity index (χ3v) is 5.74. The van der Waals surface area contributed by atoms with E-state index in [1.165, 1.54) is 11.1 Å². The molecule has 6 nitrogen and oxygen atoms in total. The van der Waals surface area contributed by atoms with Crippen LogP contribution in [-0.2, 0) is 25.8 Å². The van der Waals surface area contributed by atoms with E-state index >= 15 is 0 Å². The Labute approximate surface area is 226 Å². The molecule has 3 aromatic rings. The summed E-state index contributed by atoms with van der Waals surface area (Å²) in [5.41, 5.74) is 5.46. The second-order valence-electron chi connectivity index (χ2n) is 8.19. The van der Waals surface area contributed by atoms with Crippen LogP contribution in [0, 0.1) is 0 Å². The molecular weight excluding hydrogens is 507 g/mol. The van der Waals surface area contributed by atoms with Crippen LogP contribution < -0.4 is 10.1 Å². The van der Waals surface area contributed by atoms with Crippen molar-refractivity contribution >= 4 is 43.1 Å². The molecule has 1 amide bonds. The van der Waals surface area contributed by atoms with E-state index in [4.69, 9.17) is 4.74 Å². The number of pyridine rings is 2. The summed E-state index contributed by atoms with van der Waals surface area (Å²) in [5.74, 6) is 0.937. The number of nitrogens with one attached hydrogen (secondary N) is 1. The highest BCUT2D eigenvalue weighted by molar-refractivity contribution is 5.96. The van der Waals surface area contributed by atoms with Crippen LogP contribution in [-0.4, -0.2) is 47.5 Å². The monoisotopic (exact) mass is 538 g/mol. The number of carbonyl (C=O) groups is 1. The summed E-state index contributed by atoms with van der Waals surface area (Å²) in [6.45, 7) is 3.10. The van der Waals surface area contributed by atoms with Crippen molar-refractivity contribution in [2.45, 2.75) is 32.2 Å². The third kappa shape index (κ3) is 8.97. The minimum absolute atomic E-state index is 0. The number of hydrogen-bond acceptors (Lipinski definition) is 5. The maximum atomic E-state index is 12.2. The molecule has 1 aliphatic rings. The molecule has 0 fully saturated rings. The van der Waals surface area contributed by atoms with Crippen LogP contribution in [0.5, 0.6) is 5.75 Å². The standard InChI is InChI=1S/C26H30N4O2.3ClH/c1-30-14-10-22-17-24(7-8-25(22)26(30)31)32-15-3-12-28-19-21-9-13-29-23(16-21)6-5-20-4-2-11-27-18-20;;;/h2,4,7-9,11,13,16-18,28H,3,5-6,10,12,14-15,19H2,1H3;3*1H. The number of nitrogens with zero attached hydrogens (tertiary/aromatic N) is 3. The Hall–Kier alpha value is -2.38. The smallest absolute Gasteiger partial charge is 0.253 e. The lowest BCUT2D eigenvalue weighted by atomic mass is 9.99. The van der Waals surface area contributed by atoms with Crippen molar-refractivity contribution in [1.29, 1.82) is 0 Å². The largest absolute Gasteiger partial charge is 0.494 e. The molecule has 1 N–H and O–H groups in total. The second-order valence-corrected chi connectivity index (χ2v) is 8.19. The number of likely N-dealkylation sites (N-methyl/N-ethyl adjacent to an activating group) is 1. The third-order valence-electron chi connectivity index (χ3n) is 5.74. The number of carbonyl (C=O) groups excluding carboxylic acids is 1. The molecule has 0 unspecified atom stereocenters. The number of fused-ring (bicyclic) bond motifs is 1. The molecule has 0 saturated heterocycles. The van der Waals surface area contributed by atoms with E-state index in [0.717, 1.165) is 67.9 Å². The Morgan fingerprint density at radius 3 is 2.69 bits per heavy atom. The topological polar surface area (TPSA) is 67.3 Å². The zero-order chi connectivity index (χ0) is 22.2. The first-order valence-electron chi connectivity index (χ1n) is 11.2. The Bertz CT molecular complexity index is 1050. The normalized spacial score (nSPS) is 12.0. The first-order chi connectivity index (χ1) is 15.7. The van der Waals surface area contributed by atoms with Gasteiger partial charge in [-0.05, 0) is 85.3 Å². The van der Waals surface area contributed by atoms with Gasteiger partial charge in [0.05, 0.1) is 6.61 Å². The fraction of sp³-hybridized carbons (Fsp3) is 0.346. The molecular formula is C26H33Cl3N4O2. The summed E-state index contributed by atoms with van der Waals surface area (Å²) < 4.78 is 5.90. The number of amides is 1. The summed E-state index contributed by atoms with van der Waals surface area (Å²) in [7, 11) is 1.85. The van der Waals surface area contributed by atoms with Crippen molar-refractivity contribution in [1.82, 2.24) is 20.2 Å². The van der Waals surface area contributed by atoms with Crippen molar-refractivity contribution in [3.05, 3.63) is 89.0 Å². The van der Waals surface area contributed by atoms with Gasteiger partial charge < -0.3 is 15.0 Å². The number of hydrogen-bond donors (Lipinski definition) is 1. The van der Waals surface area contributed by atoms with Crippen LogP contribution in [0.25, 0.3) is 0 Å². The number of aryl methyl sites for hydroxylation is 2. The average molecular weight is 540 g/mol. The number of benzene rings is 1. The average Bonchev–Trinajstić information content (AvgIpc) is 2.83. The lowest BCUT2D eigenvalue weighted by Crippen LogP contribution is -2.34. The molecule has 0 saturated carbocycles. The molecule has 0 spiro atoms. The maximum Gasteiger partial charge on any atom is 0.253 e. The number of halogens is 3. The summed E-state index contributed by atoms with van der Waals surface area (Å²) in [5, 5.41) is 3.48. The molecule has 0 atom stereocenters. The van der Waals surface area contributed by atoms with Crippen molar-refractivity contribution in [3.63, 3.8) is 0 Å². The quantitative estimate of drug-likeness (QED) is 0.378. The van der Waals surface area contributed by atoms with Gasteiger partial charge in [0.2, 0.25) is 0 Å². The van der Waals surface area contributed by atoms with Gasteiger partial charge in [-0.1, -0.05) is 6.07 Å². The van der Waals surface area contributed by atoms with Gasteiger partial charge in [-0.3, -0.25) is 14.8 Å². The molecule has 0 bridgehead atoms. The first kappa shape index (κ1) is 30.7. The van der Waals surface area contributed by atoms with E-state index in [0.29, 0.717) is 6.61 Å². The second kappa shape index (κ2) is 15.6. The van der Waals surface area contributed by atoms with E-state index in [2.05, 4.69) is 33.5 Å². The van der Waals surface area contributed by atoms with Crippen LogP contribution in [0.2, 0.25) is 0 Å². The first-order valence-corrected chi connectivity index (χ1v) is 11.2. The van der Waals surface area contributed by atoms with Crippen LogP contribution in [0.4, 0.5) is 0 Å². The molecule has 1 aliphatic heterocycles. The molecule has 35 heavy (non-hydrogen) atoms. The highest BCUT2D eigenvalue weighted by Crippen LogP contribution is 2.23. The summed E-state index contributed by atoms with van der Waals surface area (Å²) >= 11 is 0. The fourth-order valence-electron chi connectivity index (χ4n) is 3.88. The summed E-state index contributed by atoms with van der Waals surface area (Å²) in [4.78, 5) is 22.6. The zero-order valence-corrected chi connectivity index (χ0v) is 22.3. The van der Waals surface area contributed by atoms with E-state index in [1.807, 2.05) is 43.7 Å². The van der Waals surface area contributed by atoms with Crippen molar-refractivity contribution in [2.75, 3.05) is 26.7 Å². The summed E-state index contributed by atoms with van der Waals surface area (Å²) in [6, 6.07) is 14.1. The van der Waals surface area contributed by atoms with Gasteiger partial charge in [0, 0.05) is 50.0 Å². The summed E-state index contributed by atoms with van der Waals surface area (Å²) in [6.07, 6.45) is 9.25. The molecule has 9 heteroatoms. The predicted molar refractivity (Wildman–Crippen MR) is 147 cm³/mol. The van der Waals surface area contributed by atoms with E-state index in [9.17, 15) is 4.79 Å². The molecule has 2 aromatic heterocycles. The Kier molecular flexibility index (Phi) is 13.6. The van der Waals surface area contributed by atoms with Gasteiger partial charge in [0.15, 0.2) is 0 Å². The number of aromatic nitrogens is 2. The van der Waals surface area contributed by atoms with Gasteiger partial charge >= 0.3 is 0 Å². The van der Waals surface area contributed by atoms with Gasteiger partial charge in [-0.25, -0.2) is 0 Å². The van der Waals surface area contributed by atoms with E-state index in [-0.39, 0.29) is 43.1 Å². The molecule has 0 aliphatic carbocycles. The van der Waals surface area contributed by atoms with Crippen LogP contribution in [0.15, 0.2) is 61.1 Å². The lowest BCUT2D eigenvalue weighted by molar-refractivity contribution is 0.0781. The highest BCUT2D eigenvalue weighted by atomic mass is 35.5. The van der Waals surface area contributed by atoms with Crippen molar-refractivity contribution < 1.29 is 9.53 Å². The van der Waals surface area contributed by atoms with Crippen molar-refractivity contribution in [2.24, 2.45) is 0 Å². The fourth-order valence-corrected chi connectivity index (χ4v) is 3.88. The Morgan fingerprint density at radius 2 is 1.89 bits per heavy atom. The lowest BCUT2D eigenvalue weighted by Gasteiger charge is -2.25. The molecule has 4 rings (SSSR count). The van der Waals surface area contributed by atoms with Gasteiger partial charge in [-0.2, -0.15) is 0 Å². The Morgan fingerprint density at radius 1 is 1.03 bits per heavy atom. The number of rotatable bonds is 10. The van der Waals surface area contributed by atoms with Gasteiger partial charge in [0.1, 0.15) is 5.75 Å². The van der Waals surface area contributed by atoms with E-state index in [1.54, 1.807) is 11.1 Å².